The van der Waals surface area contributed by atoms with E-state index in [0.717, 1.165) is 5.56 Å². The van der Waals surface area contributed by atoms with E-state index in [9.17, 15) is 14.0 Å². The Hall–Kier alpha value is -2.48. The molecule has 0 bridgehead atoms. The van der Waals surface area contributed by atoms with Crippen molar-refractivity contribution in [1.82, 2.24) is 24.6 Å². The van der Waals surface area contributed by atoms with Crippen LogP contribution in [0.1, 0.15) is 28.0 Å². The number of rotatable bonds is 5. The van der Waals surface area contributed by atoms with Gasteiger partial charge in [0.15, 0.2) is 0 Å². The number of amides is 1. The van der Waals surface area contributed by atoms with Crippen LogP contribution in [0.2, 0.25) is 0 Å². The number of carbonyl (C=O) groups is 1. The molecule has 0 aromatic carbocycles. The number of hydrogen-bond donors (Lipinski definition) is 1. The van der Waals surface area contributed by atoms with Gasteiger partial charge in [0.25, 0.3) is 11.5 Å². The third kappa shape index (κ3) is 4.01. The largest absolute Gasteiger partial charge is 0.340 e. The smallest absolute Gasteiger partial charge is 0.260 e. The number of carbonyl (C=O) groups excluding carboxylic acids is 1. The van der Waals surface area contributed by atoms with Crippen LogP contribution in [-0.4, -0.2) is 62.8 Å². The van der Waals surface area contributed by atoms with Crippen LogP contribution < -0.4 is 5.56 Å². The molecule has 1 aliphatic rings. The van der Waals surface area contributed by atoms with E-state index in [2.05, 4.69) is 10.1 Å². The second-order valence-corrected chi connectivity index (χ2v) is 7.01. The summed E-state index contributed by atoms with van der Waals surface area (Å²) in [4.78, 5) is 30.8. The van der Waals surface area contributed by atoms with Crippen LogP contribution in [-0.2, 0) is 13.6 Å². The number of H-pyrrole nitrogens is 1. The zero-order valence-electron chi connectivity index (χ0n) is 15.3. The molecule has 1 aliphatic heterocycles. The van der Waals surface area contributed by atoms with E-state index in [4.69, 9.17) is 0 Å². The minimum absolute atomic E-state index is 0.0938. The lowest BCUT2D eigenvalue weighted by molar-refractivity contribution is 0.0748. The third-order valence-corrected chi connectivity index (χ3v) is 4.74. The Morgan fingerprint density at radius 2 is 2.23 bits per heavy atom. The Bertz CT molecular complexity index is 846. The molecule has 1 amide bonds. The van der Waals surface area contributed by atoms with Gasteiger partial charge in [-0.15, -0.1) is 0 Å². The van der Waals surface area contributed by atoms with Crippen molar-refractivity contribution in [2.75, 3.05) is 20.1 Å². The zero-order valence-corrected chi connectivity index (χ0v) is 15.3. The van der Waals surface area contributed by atoms with Crippen molar-refractivity contribution in [3.8, 4) is 0 Å². The standard InChI is InChI=1S/C18H24FN5O2/c1-12-4-5-16(17(25)21-12)18(26)22(2)11-15-6-14(19)10-24(15)9-13-7-20-23(3)8-13/h4-5,7-8,14-15H,6,9-11H2,1-3H3,(H,21,25)/t14-,15-/m0/s1. The number of hydrogen-bond acceptors (Lipinski definition) is 4. The number of pyridine rings is 1. The Kier molecular flexibility index (Phi) is 5.22. The van der Waals surface area contributed by atoms with Gasteiger partial charge in [-0.1, -0.05) is 0 Å². The summed E-state index contributed by atoms with van der Waals surface area (Å²) in [7, 11) is 3.49. The molecule has 140 valence electrons. The van der Waals surface area contributed by atoms with Crippen LogP contribution in [0.25, 0.3) is 0 Å². The minimum Gasteiger partial charge on any atom is -0.340 e. The lowest BCUT2D eigenvalue weighted by Crippen LogP contribution is -2.42. The Labute approximate surface area is 151 Å². The summed E-state index contributed by atoms with van der Waals surface area (Å²) in [6.07, 6.45) is 3.14. The van der Waals surface area contributed by atoms with Crippen molar-refractivity contribution in [1.29, 1.82) is 0 Å². The fraction of sp³-hybridized carbons (Fsp3) is 0.500. The lowest BCUT2D eigenvalue weighted by atomic mass is 10.1. The number of alkyl halides is 1. The summed E-state index contributed by atoms with van der Waals surface area (Å²) in [5, 5.41) is 4.14. The average Bonchev–Trinajstić information content (AvgIpc) is 3.12. The maximum Gasteiger partial charge on any atom is 0.260 e. The van der Waals surface area contributed by atoms with Crippen LogP contribution in [0.4, 0.5) is 4.39 Å². The molecule has 2 aromatic rings. The van der Waals surface area contributed by atoms with Crippen molar-refractivity contribution >= 4 is 5.91 Å². The molecular formula is C18H24FN5O2. The number of likely N-dealkylation sites (N-methyl/N-ethyl adjacent to an activating group) is 1. The van der Waals surface area contributed by atoms with Crippen molar-refractivity contribution in [3.63, 3.8) is 0 Å². The van der Waals surface area contributed by atoms with Gasteiger partial charge in [-0.3, -0.25) is 19.2 Å². The summed E-state index contributed by atoms with van der Waals surface area (Å²) in [6, 6.07) is 3.14. The van der Waals surface area contributed by atoms with Crippen molar-refractivity contribution < 1.29 is 9.18 Å². The molecule has 8 heteroatoms. The van der Waals surface area contributed by atoms with Crippen molar-refractivity contribution in [2.24, 2.45) is 7.05 Å². The molecule has 0 unspecified atom stereocenters. The van der Waals surface area contributed by atoms with Gasteiger partial charge in [-0.25, -0.2) is 4.39 Å². The topological polar surface area (TPSA) is 74.2 Å². The van der Waals surface area contributed by atoms with E-state index < -0.39 is 11.7 Å². The number of aryl methyl sites for hydroxylation is 2. The molecule has 26 heavy (non-hydrogen) atoms. The highest BCUT2D eigenvalue weighted by Crippen LogP contribution is 2.23. The van der Waals surface area contributed by atoms with Gasteiger partial charge in [0.2, 0.25) is 0 Å². The van der Waals surface area contributed by atoms with Gasteiger partial charge in [0.1, 0.15) is 11.7 Å². The Balaban J connectivity index is 1.69. The maximum atomic E-state index is 14.0. The van der Waals surface area contributed by atoms with E-state index in [1.807, 2.05) is 18.1 Å². The monoisotopic (exact) mass is 361 g/mol. The molecule has 1 saturated heterocycles. The normalized spacial score (nSPS) is 20.5. The Morgan fingerprint density at radius 1 is 1.46 bits per heavy atom. The first-order valence-electron chi connectivity index (χ1n) is 8.64. The molecule has 3 rings (SSSR count). The second-order valence-electron chi connectivity index (χ2n) is 7.01. The highest BCUT2D eigenvalue weighted by Gasteiger charge is 2.34. The molecule has 0 saturated carbocycles. The van der Waals surface area contributed by atoms with E-state index >= 15 is 0 Å². The SMILES string of the molecule is Cc1ccc(C(=O)N(C)C[C@@H]2C[C@H](F)CN2Cc2cnn(C)c2)c(=O)[nH]1. The predicted octanol–water partition coefficient (Wildman–Crippen LogP) is 1.10. The fourth-order valence-electron chi connectivity index (χ4n) is 3.44. The first-order chi connectivity index (χ1) is 12.3. The average molecular weight is 361 g/mol. The molecule has 2 aromatic heterocycles. The Morgan fingerprint density at radius 3 is 2.88 bits per heavy atom. The number of aromatic amines is 1. The highest BCUT2D eigenvalue weighted by molar-refractivity contribution is 5.93. The van der Waals surface area contributed by atoms with Gasteiger partial charge >= 0.3 is 0 Å². The quantitative estimate of drug-likeness (QED) is 0.866. The second kappa shape index (κ2) is 7.41. The van der Waals surface area contributed by atoms with Gasteiger partial charge in [-0.2, -0.15) is 5.10 Å². The summed E-state index contributed by atoms with van der Waals surface area (Å²) in [6.45, 7) is 3.06. The maximum absolute atomic E-state index is 14.0. The van der Waals surface area contributed by atoms with E-state index in [1.54, 1.807) is 30.9 Å². The van der Waals surface area contributed by atoms with Crippen LogP contribution in [0.15, 0.2) is 29.3 Å². The molecular weight excluding hydrogens is 337 g/mol. The van der Waals surface area contributed by atoms with Crippen molar-refractivity contribution in [3.05, 3.63) is 51.7 Å². The summed E-state index contributed by atoms with van der Waals surface area (Å²) < 4.78 is 15.7. The molecule has 0 radical (unpaired) electrons. The van der Waals surface area contributed by atoms with E-state index in [1.165, 1.54) is 11.0 Å². The number of likely N-dealkylation sites (tertiary alicyclic amines) is 1. The highest BCUT2D eigenvalue weighted by atomic mass is 19.1. The minimum atomic E-state index is -0.914. The van der Waals surface area contributed by atoms with Crippen LogP contribution in [0, 0.1) is 6.92 Å². The van der Waals surface area contributed by atoms with E-state index in [-0.39, 0.29) is 17.5 Å². The molecule has 1 N–H and O–H groups in total. The number of nitrogens with zero attached hydrogens (tertiary/aromatic N) is 4. The molecule has 0 aliphatic carbocycles. The van der Waals surface area contributed by atoms with Gasteiger partial charge < -0.3 is 9.88 Å². The van der Waals surface area contributed by atoms with Gasteiger partial charge in [0.05, 0.1) is 6.20 Å². The lowest BCUT2D eigenvalue weighted by Gasteiger charge is -2.28. The summed E-state index contributed by atoms with van der Waals surface area (Å²) >= 11 is 0. The first kappa shape index (κ1) is 18.3. The molecule has 7 nitrogen and oxygen atoms in total. The van der Waals surface area contributed by atoms with Crippen LogP contribution >= 0.6 is 0 Å². The van der Waals surface area contributed by atoms with Crippen molar-refractivity contribution in [2.45, 2.75) is 32.1 Å². The summed E-state index contributed by atoms with van der Waals surface area (Å²) in [5.41, 5.74) is 1.42. The number of aromatic nitrogens is 3. The summed E-state index contributed by atoms with van der Waals surface area (Å²) in [5.74, 6) is -0.352. The third-order valence-electron chi connectivity index (χ3n) is 4.74. The first-order valence-corrected chi connectivity index (χ1v) is 8.64. The predicted molar refractivity (Wildman–Crippen MR) is 95.7 cm³/mol. The van der Waals surface area contributed by atoms with Gasteiger partial charge in [0, 0.05) is 57.2 Å². The molecule has 1 fully saturated rings. The number of nitrogens with one attached hydrogen (secondary N) is 1. The van der Waals surface area contributed by atoms with Crippen LogP contribution in [0.5, 0.6) is 0 Å². The number of halogens is 1. The fourth-order valence-corrected chi connectivity index (χ4v) is 3.44. The molecule has 0 spiro atoms. The molecule has 3 heterocycles. The van der Waals surface area contributed by atoms with E-state index in [0.29, 0.717) is 31.7 Å². The van der Waals surface area contributed by atoms with Gasteiger partial charge in [-0.05, 0) is 25.5 Å². The zero-order chi connectivity index (χ0) is 18.8. The van der Waals surface area contributed by atoms with Crippen LogP contribution in [0.3, 0.4) is 0 Å². The molecule has 2 atom stereocenters.